The van der Waals surface area contributed by atoms with Crippen molar-refractivity contribution in [3.05, 3.63) is 12.3 Å². The van der Waals surface area contributed by atoms with Crippen molar-refractivity contribution >= 4 is 11.7 Å². The van der Waals surface area contributed by atoms with Gasteiger partial charge in [-0.15, -0.1) is 0 Å². The lowest BCUT2D eigenvalue weighted by atomic mass is 10.0. The summed E-state index contributed by atoms with van der Waals surface area (Å²) in [6, 6.07) is 1.72. The van der Waals surface area contributed by atoms with E-state index in [-0.39, 0.29) is 17.9 Å². The van der Waals surface area contributed by atoms with E-state index in [4.69, 9.17) is 4.74 Å². The quantitative estimate of drug-likeness (QED) is 0.732. The largest absolute Gasteiger partial charge is 0.378 e. The number of hydrogen-bond donors (Lipinski definition) is 2. The number of H-pyrrole nitrogens is 1. The summed E-state index contributed by atoms with van der Waals surface area (Å²) < 4.78 is 5.32. The van der Waals surface area contributed by atoms with Gasteiger partial charge < -0.3 is 10.1 Å². The highest BCUT2D eigenvalue weighted by molar-refractivity contribution is 5.92. The Morgan fingerprint density at radius 3 is 3.21 bits per heavy atom. The van der Waals surface area contributed by atoms with E-state index < -0.39 is 0 Å². The number of rotatable bonds is 2. The first-order valence-electron chi connectivity index (χ1n) is 4.69. The number of nitrogens with zero attached hydrogens (tertiary/aromatic N) is 1. The Kier molecular flexibility index (Phi) is 2.49. The number of ether oxygens (including phenoxy) is 1. The van der Waals surface area contributed by atoms with Crippen molar-refractivity contribution in [2.75, 3.05) is 11.9 Å². The van der Waals surface area contributed by atoms with Crippen LogP contribution >= 0.6 is 0 Å². The first-order valence-corrected chi connectivity index (χ1v) is 4.69. The van der Waals surface area contributed by atoms with Gasteiger partial charge in [0, 0.05) is 12.7 Å². The van der Waals surface area contributed by atoms with E-state index >= 15 is 0 Å². The summed E-state index contributed by atoms with van der Waals surface area (Å²) in [6.07, 6.45) is 2.41. The minimum Gasteiger partial charge on any atom is -0.378 e. The molecule has 0 bridgehead atoms. The average molecular weight is 195 g/mol. The van der Waals surface area contributed by atoms with Gasteiger partial charge in [-0.3, -0.25) is 9.89 Å². The lowest BCUT2D eigenvalue weighted by Crippen LogP contribution is -2.27. The van der Waals surface area contributed by atoms with E-state index in [2.05, 4.69) is 15.5 Å². The Morgan fingerprint density at radius 2 is 2.64 bits per heavy atom. The van der Waals surface area contributed by atoms with Crippen molar-refractivity contribution in [2.24, 2.45) is 5.92 Å². The summed E-state index contributed by atoms with van der Waals surface area (Å²) in [5.74, 6) is 0.589. The number of carbonyl (C=O) groups is 1. The third-order valence-corrected chi connectivity index (χ3v) is 2.47. The molecule has 2 heterocycles. The number of amides is 1. The predicted octanol–water partition coefficient (Wildman–Crippen LogP) is 0.773. The molecule has 0 aliphatic carbocycles. The monoisotopic (exact) mass is 195 g/mol. The first-order chi connectivity index (χ1) is 6.77. The molecule has 2 unspecified atom stereocenters. The first kappa shape index (κ1) is 9.21. The standard InChI is InChI=1S/C9H13N3O2/c1-6-7(3-5-14-6)9(13)11-8-2-4-10-12-8/h2,4,6-7H,3,5H2,1H3,(H2,10,11,12,13). The number of carbonyl (C=O) groups excluding carboxylic acids is 1. The molecule has 2 atom stereocenters. The molecule has 0 spiro atoms. The van der Waals surface area contributed by atoms with E-state index in [1.807, 2.05) is 6.92 Å². The van der Waals surface area contributed by atoms with Crippen LogP contribution in [0.3, 0.4) is 0 Å². The molecular weight excluding hydrogens is 182 g/mol. The number of aromatic nitrogens is 2. The van der Waals surface area contributed by atoms with Gasteiger partial charge in [0.2, 0.25) is 5.91 Å². The fourth-order valence-electron chi connectivity index (χ4n) is 1.63. The molecule has 0 saturated carbocycles. The highest BCUT2D eigenvalue weighted by Crippen LogP contribution is 2.21. The van der Waals surface area contributed by atoms with Crippen LogP contribution in [0.25, 0.3) is 0 Å². The number of hydrogen-bond acceptors (Lipinski definition) is 3. The molecule has 1 aromatic rings. The Balaban J connectivity index is 1.95. The summed E-state index contributed by atoms with van der Waals surface area (Å²) in [4.78, 5) is 11.7. The molecule has 14 heavy (non-hydrogen) atoms. The summed E-state index contributed by atoms with van der Waals surface area (Å²) in [6.45, 7) is 2.59. The van der Waals surface area contributed by atoms with Crippen molar-refractivity contribution in [3.63, 3.8) is 0 Å². The molecule has 76 valence electrons. The molecule has 5 heteroatoms. The van der Waals surface area contributed by atoms with Crippen LogP contribution in [0.4, 0.5) is 5.82 Å². The summed E-state index contributed by atoms with van der Waals surface area (Å²) in [5.41, 5.74) is 0. The number of anilines is 1. The molecule has 2 N–H and O–H groups in total. The molecule has 0 radical (unpaired) electrons. The van der Waals surface area contributed by atoms with Crippen LogP contribution in [0.5, 0.6) is 0 Å². The normalized spacial score (nSPS) is 26.4. The molecule has 1 amide bonds. The Labute approximate surface area is 81.8 Å². The fraction of sp³-hybridized carbons (Fsp3) is 0.556. The van der Waals surface area contributed by atoms with Gasteiger partial charge in [0.1, 0.15) is 5.82 Å². The molecule has 1 aliphatic rings. The summed E-state index contributed by atoms with van der Waals surface area (Å²) >= 11 is 0. The van der Waals surface area contributed by atoms with E-state index in [9.17, 15) is 4.79 Å². The van der Waals surface area contributed by atoms with Crippen LogP contribution in [-0.2, 0) is 9.53 Å². The van der Waals surface area contributed by atoms with E-state index in [0.29, 0.717) is 12.4 Å². The van der Waals surface area contributed by atoms with Gasteiger partial charge in [0.25, 0.3) is 0 Å². The maximum atomic E-state index is 11.7. The lowest BCUT2D eigenvalue weighted by molar-refractivity contribution is -0.121. The Bertz CT molecular complexity index is 310. The average Bonchev–Trinajstić information content (AvgIpc) is 2.75. The maximum Gasteiger partial charge on any atom is 0.231 e. The van der Waals surface area contributed by atoms with Crippen LogP contribution in [-0.4, -0.2) is 28.8 Å². The molecule has 1 saturated heterocycles. The fourth-order valence-corrected chi connectivity index (χ4v) is 1.63. The van der Waals surface area contributed by atoms with Crippen LogP contribution in [0.1, 0.15) is 13.3 Å². The van der Waals surface area contributed by atoms with Gasteiger partial charge in [-0.2, -0.15) is 5.10 Å². The van der Waals surface area contributed by atoms with Gasteiger partial charge in [0.15, 0.2) is 0 Å². The molecule has 1 aromatic heterocycles. The lowest BCUT2D eigenvalue weighted by Gasteiger charge is -2.12. The molecular formula is C9H13N3O2. The molecule has 1 aliphatic heterocycles. The van der Waals surface area contributed by atoms with Gasteiger partial charge in [-0.1, -0.05) is 0 Å². The molecule has 1 fully saturated rings. The van der Waals surface area contributed by atoms with E-state index in [1.54, 1.807) is 12.3 Å². The summed E-state index contributed by atoms with van der Waals surface area (Å²) in [7, 11) is 0. The predicted molar refractivity (Wildman–Crippen MR) is 50.7 cm³/mol. The molecule has 5 nitrogen and oxygen atoms in total. The number of nitrogens with one attached hydrogen (secondary N) is 2. The SMILES string of the molecule is CC1OCCC1C(=O)Nc1ccn[nH]1. The second-order valence-corrected chi connectivity index (χ2v) is 3.43. The molecule has 0 aromatic carbocycles. The zero-order chi connectivity index (χ0) is 9.97. The topological polar surface area (TPSA) is 67.0 Å². The van der Waals surface area contributed by atoms with E-state index in [0.717, 1.165) is 6.42 Å². The van der Waals surface area contributed by atoms with E-state index in [1.165, 1.54) is 0 Å². The Morgan fingerprint density at radius 1 is 1.79 bits per heavy atom. The van der Waals surface area contributed by atoms with Crippen molar-refractivity contribution < 1.29 is 9.53 Å². The van der Waals surface area contributed by atoms with Gasteiger partial charge in [0.05, 0.1) is 18.2 Å². The highest BCUT2D eigenvalue weighted by atomic mass is 16.5. The molecule has 2 rings (SSSR count). The third-order valence-electron chi connectivity index (χ3n) is 2.47. The maximum absolute atomic E-state index is 11.7. The summed E-state index contributed by atoms with van der Waals surface area (Å²) in [5, 5.41) is 9.19. The van der Waals surface area contributed by atoms with Crippen molar-refractivity contribution in [1.82, 2.24) is 10.2 Å². The smallest absolute Gasteiger partial charge is 0.231 e. The minimum atomic E-state index is -0.0432. The highest BCUT2D eigenvalue weighted by Gasteiger charge is 2.30. The van der Waals surface area contributed by atoms with Gasteiger partial charge in [-0.05, 0) is 13.3 Å². The van der Waals surface area contributed by atoms with Crippen molar-refractivity contribution in [2.45, 2.75) is 19.4 Å². The van der Waals surface area contributed by atoms with Crippen LogP contribution in [0, 0.1) is 5.92 Å². The van der Waals surface area contributed by atoms with Crippen LogP contribution in [0.2, 0.25) is 0 Å². The second kappa shape index (κ2) is 3.79. The minimum absolute atomic E-state index is 0.000694. The van der Waals surface area contributed by atoms with Crippen molar-refractivity contribution in [3.8, 4) is 0 Å². The van der Waals surface area contributed by atoms with Crippen LogP contribution in [0.15, 0.2) is 12.3 Å². The number of aromatic amines is 1. The Hall–Kier alpha value is -1.36. The van der Waals surface area contributed by atoms with Gasteiger partial charge >= 0.3 is 0 Å². The van der Waals surface area contributed by atoms with Crippen molar-refractivity contribution in [1.29, 1.82) is 0 Å². The second-order valence-electron chi connectivity index (χ2n) is 3.43. The zero-order valence-electron chi connectivity index (χ0n) is 7.99. The van der Waals surface area contributed by atoms with Crippen LogP contribution < -0.4 is 5.32 Å². The third kappa shape index (κ3) is 1.77. The zero-order valence-corrected chi connectivity index (χ0v) is 7.99. The van der Waals surface area contributed by atoms with Gasteiger partial charge in [-0.25, -0.2) is 0 Å².